The maximum absolute atomic E-state index is 10.8. The molecule has 0 fully saturated rings. The van der Waals surface area contributed by atoms with Gasteiger partial charge in [0.05, 0.1) is 13.1 Å². The number of rotatable bonds is 1. The molecule has 0 spiro atoms. The Labute approximate surface area is 96.5 Å². The molecule has 1 aliphatic heterocycles. The zero-order valence-corrected chi connectivity index (χ0v) is 8.83. The van der Waals surface area contributed by atoms with Gasteiger partial charge in [0.25, 0.3) is 0 Å². The first-order valence-corrected chi connectivity index (χ1v) is 5.12. The zero-order valence-electron chi connectivity index (χ0n) is 8.83. The molecule has 1 amide bonds. The molecule has 0 unspecified atom stereocenters. The van der Waals surface area contributed by atoms with Gasteiger partial charge < -0.3 is 9.52 Å². The first kappa shape index (κ1) is 9.83. The fourth-order valence-corrected chi connectivity index (χ4v) is 1.77. The second-order valence-corrected chi connectivity index (χ2v) is 3.74. The van der Waals surface area contributed by atoms with Gasteiger partial charge in [0, 0.05) is 6.20 Å². The molecule has 2 aromatic heterocycles. The van der Waals surface area contributed by atoms with Crippen LogP contribution in [-0.2, 0) is 13.1 Å². The van der Waals surface area contributed by atoms with E-state index in [1.54, 1.807) is 12.3 Å². The molecule has 3 rings (SSSR count). The molecule has 0 saturated heterocycles. The van der Waals surface area contributed by atoms with E-state index in [1.165, 1.54) is 4.90 Å². The number of fused-ring (bicyclic) bond motifs is 1. The molecule has 0 aromatic carbocycles. The third-order valence-corrected chi connectivity index (χ3v) is 2.61. The standard InChI is InChI=1S/C11H9N3O3/c15-11(16)14-5-8-9(6-14)17-10(13-8)7-3-1-2-4-12-7/h1-4H,5-6H2,(H,15,16). The van der Waals surface area contributed by atoms with Crippen LogP contribution in [0.5, 0.6) is 0 Å². The molecule has 0 atom stereocenters. The highest BCUT2D eigenvalue weighted by Crippen LogP contribution is 2.27. The Kier molecular flexibility index (Phi) is 2.07. The van der Waals surface area contributed by atoms with Gasteiger partial charge in [-0.25, -0.2) is 9.78 Å². The van der Waals surface area contributed by atoms with Crippen LogP contribution in [0.15, 0.2) is 28.8 Å². The summed E-state index contributed by atoms with van der Waals surface area (Å²) in [4.78, 5) is 20.4. The van der Waals surface area contributed by atoms with Crippen molar-refractivity contribution in [2.75, 3.05) is 0 Å². The molecule has 1 N–H and O–H groups in total. The van der Waals surface area contributed by atoms with Crippen molar-refractivity contribution in [1.29, 1.82) is 0 Å². The van der Waals surface area contributed by atoms with Crippen molar-refractivity contribution in [3.05, 3.63) is 35.9 Å². The number of amides is 1. The highest BCUT2D eigenvalue weighted by Gasteiger charge is 2.28. The average molecular weight is 231 g/mol. The second kappa shape index (κ2) is 3.58. The Morgan fingerprint density at radius 2 is 2.29 bits per heavy atom. The maximum Gasteiger partial charge on any atom is 0.408 e. The number of pyridine rings is 1. The van der Waals surface area contributed by atoms with Crippen molar-refractivity contribution in [2.24, 2.45) is 0 Å². The molecule has 6 nitrogen and oxygen atoms in total. The molecule has 1 aliphatic rings. The lowest BCUT2D eigenvalue weighted by Gasteiger charge is -2.08. The van der Waals surface area contributed by atoms with Gasteiger partial charge in [-0.1, -0.05) is 6.07 Å². The van der Waals surface area contributed by atoms with E-state index in [1.807, 2.05) is 12.1 Å². The topological polar surface area (TPSA) is 79.5 Å². The molecule has 0 saturated carbocycles. The highest BCUT2D eigenvalue weighted by atomic mass is 16.4. The summed E-state index contributed by atoms with van der Waals surface area (Å²) in [5.74, 6) is 1.05. The Bertz CT molecular complexity index is 541. The number of hydrogen-bond acceptors (Lipinski definition) is 4. The van der Waals surface area contributed by atoms with Crippen LogP contribution in [0.25, 0.3) is 11.6 Å². The third kappa shape index (κ3) is 1.63. The molecule has 2 aromatic rings. The number of carboxylic acid groups (broad SMARTS) is 1. The van der Waals surface area contributed by atoms with Gasteiger partial charge in [0.15, 0.2) is 0 Å². The molecule has 0 aliphatic carbocycles. The van der Waals surface area contributed by atoms with Gasteiger partial charge in [0.2, 0.25) is 5.89 Å². The van der Waals surface area contributed by atoms with Crippen LogP contribution in [0.1, 0.15) is 11.5 Å². The van der Waals surface area contributed by atoms with Gasteiger partial charge >= 0.3 is 6.09 Å². The van der Waals surface area contributed by atoms with Crippen LogP contribution < -0.4 is 0 Å². The van der Waals surface area contributed by atoms with Gasteiger partial charge in [0.1, 0.15) is 17.1 Å². The minimum Gasteiger partial charge on any atom is -0.465 e. The molecule has 0 bridgehead atoms. The molecule has 86 valence electrons. The van der Waals surface area contributed by atoms with Crippen molar-refractivity contribution in [3.8, 4) is 11.6 Å². The summed E-state index contributed by atoms with van der Waals surface area (Å²) in [5, 5.41) is 8.83. The summed E-state index contributed by atoms with van der Waals surface area (Å²) in [7, 11) is 0. The SMILES string of the molecule is O=C(O)N1Cc2nc(-c3ccccn3)oc2C1. The number of aromatic nitrogens is 2. The molecule has 17 heavy (non-hydrogen) atoms. The minimum absolute atomic E-state index is 0.254. The molecule has 3 heterocycles. The lowest BCUT2D eigenvalue weighted by molar-refractivity contribution is 0.142. The van der Waals surface area contributed by atoms with Crippen LogP contribution in [0, 0.1) is 0 Å². The predicted octanol–water partition coefficient (Wildman–Crippen LogP) is 1.73. The van der Waals surface area contributed by atoms with E-state index in [9.17, 15) is 4.79 Å². The molecule has 0 radical (unpaired) electrons. The molecule has 6 heteroatoms. The minimum atomic E-state index is -0.961. The van der Waals surface area contributed by atoms with Crippen molar-refractivity contribution in [1.82, 2.24) is 14.9 Å². The van der Waals surface area contributed by atoms with Gasteiger partial charge in [-0.3, -0.25) is 9.88 Å². The van der Waals surface area contributed by atoms with E-state index in [2.05, 4.69) is 9.97 Å². The van der Waals surface area contributed by atoms with Crippen molar-refractivity contribution >= 4 is 6.09 Å². The average Bonchev–Trinajstić information content (AvgIpc) is 2.87. The van der Waals surface area contributed by atoms with Crippen LogP contribution in [0.2, 0.25) is 0 Å². The molecular weight excluding hydrogens is 222 g/mol. The second-order valence-electron chi connectivity index (χ2n) is 3.74. The van der Waals surface area contributed by atoms with Crippen molar-refractivity contribution in [3.63, 3.8) is 0 Å². The summed E-state index contributed by atoms with van der Waals surface area (Å²) in [6.07, 6.45) is 0.700. The smallest absolute Gasteiger partial charge is 0.408 e. The van der Waals surface area contributed by atoms with Crippen LogP contribution >= 0.6 is 0 Å². The largest absolute Gasteiger partial charge is 0.465 e. The monoisotopic (exact) mass is 231 g/mol. The van der Waals surface area contributed by atoms with E-state index in [0.29, 0.717) is 23.0 Å². The van der Waals surface area contributed by atoms with Gasteiger partial charge in [-0.2, -0.15) is 0 Å². The number of carbonyl (C=O) groups is 1. The van der Waals surface area contributed by atoms with Gasteiger partial charge in [-0.15, -0.1) is 0 Å². The number of nitrogens with zero attached hydrogens (tertiary/aromatic N) is 3. The lowest BCUT2D eigenvalue weighted by Crippen LogP contribution is -2.23. The zero-order chi connectivity index (χ0) is 11.8. The summed E-state index contributed by atoms with van der Waals surface area (Å²) < 4.78 is 5.51. The fourth-order valence-electron chi connectivity index (χ4n) is 1.77. The lowest BCUT2D eigenvalue weighted by atomic mass is 10.3. The quantitative estimate of drug-likeness (QED) is 0.808. The summed E-state index contributed by atoms with van der Waals surface area (Å²) in [6, 6.07) is 5.46. The Balaban J connectivity index is 1.90. The van der Waals surface area contributed by atoms with Crippen molar-refractivity contribution in [2.45, 2.75) is 13.1 Å². The fraction of sp³-hybridized carbons (Fsp3) is 0.182. The third-order valence-electron chi connectivity index (χ3n) is 2.61. The van der Waals surface area contributed by atoms with Crippen LogP contribution in [-0.4, -0.2) is 26.1 Å². The van der Waals surface area contributed by atoms with Crippen LogP contribution in [0.3, 0.4) is 0 Å². The normalized spacial score (nSPS) is 13.8. The van der Waals surface area contributed by atoms with E-state index in [0.717, 1.165) is 0 Å². The number of hydrogen-bond donors (Lipinski definition) is 1. The Hall–Kier alpha value is -2.37. The van der Waals surface area contributed by atoms with Gasteiger partial charge in [-0.05, 0) is 12.1 Å². The predicted molar refractivity (Wildman–Crippen MR) is 57.0 cm³/mol. The summed E-state index contributed by atoms with van der Waals surface area (Å²) in [6.45, 7) is 0.533. The summed E-state index contributed by atoms with van der Waals surface area (Å²) in [5.41, 5.74) is 1.33. The first-order valence-electron chi connectivity index (χ1n) is 5.12. The Morgan fingerprint density at radius 3 is 2.94 bits per heavy atom. The first-order chi connectivity index (χ1) is 8.24. The van der Waals surface area contributed by atoms with E-state index in [-0.39, 0.29) is 13.1 Å². The molecular formula is C11H9N3O3. The Morgan fingerprint density at radius 1 is 1.41 bits per heavy atom. The van der Waals surface area contributed by atoms with Crippen LogP contribution in [0.4, 0.5) is 4.79 Å². The maximum atomic E-state index is 10.8. The highest BCUT2D eigenvalue weighted by molar-refractivity contribution is 5.66. The number of oxazole rings is 1. The van der Waals surface area contributed by atoms with E-state index in [4.69, 9.17) is 9.52 Å². The van der Waals surface area contributed by atoms with Crippen molar-refractivity contribution < 1.29 is 14.3 Å². The summed E-state index contributed by atoms with van der Waals surface area (Å²) >= 11 is 0. The van der Waals surface area contributed by atoms with E-state index < -0.39 is 6.09 Å². The van der Waals surface area contributed by atoms with E-state index >= 15 is 0 Å².